The Morgan fingerprint density at radius 1 is 1.00 bits per heavy atom. The van der Waals surface area contributed by atoms with Crippen molar-refractivity contribution in [3.63, 3.8) is 0 Å². The monoisotopic (exact) mass is 443 g/mol. The van der Waals surface area contributed by atoms with Crippen LogP contribution in [-0.4, -0.2) is 23.2 Å². The molecular weight excluding hydrogens is 421 g/mol. The van der Waals surface area contributed by atoms with Gasteiger partial charge < -0.3 is 14.2 Å². The summed E-state index contributed by atoms with van der Waals surface area (Å²) in [7, 11) is -1.11. The number of amides is 1. The number of halogens is 1. The van der Waals surface area contributed by atoms with Gasteiger partial charge >= 0.3 is 6.09 Å². The highest BCUT2D eigenvalue weighted by Gasteiger charge is 2.16. The second kappa shape index (κ2) is 10.1. The van der Waals surface area contributed by atoms with Crippen LogP contribution in [0.2, 0.25) is 0 Å². The van der Waals surface area contributed by atoms with E-state index in [2.05, 4.69) is 5.32 Å². The van der Waals surface area contributed by atoms with Gasteiger partial charge in [0.1, 0.15) is 5.75 Å². The molecule has 0 aliphatic heterocycles. The topological polar surface area (TPSA) is 73.9 Å². The second-order valence-corrected chi connectivity index (χ2v) is 7.90. The Morgan fingerprint density at radius 3 is 2.32 bits per heavy atom. The smallest absolute Gasteiger partial charge is 0.411 e. The number of carbonyl (C=O) groups is 1. The van der Waals surface area contributed by atoms with Crippen LogP contribution in [0, 0.1) is 12.7 Å². The molecule has 1 unspecified atom stereocenters. The molecular formula is C23H22FNO5S. The van der Waals surface area contributed by atoms with Gasteiger partial charge in [0.25, 0.3) is 0 Å². The SMILES string of the molecule is CCOC(=O)Nc1cc(Oc2ccccc2F)c(Oc2ccc(S(C)=O)cc2)cc1C. The Bertz CT molecular complexity index is 1100. The van der Waals surface area contributed by atoms with E-state index in [4.69, 9.17) is 14.2 Å². The molecule has 3 aromatic carbocycles. The maximum atomic E-state index is 14.2. The van der Waals surface area contributed by atoms with E-state index in [-0.39, 0.29) is 18.1 Å². The number of aryl methyl sites for hydroxylation is 1. The van der Waals surface area contributed by atoms with Crippen molar-refractivity contribution in [3.05, 3.63) is 72.0 Å². The van der Waals surface area contributed by atoms with Crippen LogP contribution in [0.3, 0.4) is 0 Å². The van der Waals surface area contributed by atoms with Crippen LogP contribution in [0.4, 0.5) is 14.9 Å². The van der Waals surface area contributed by atoms with Crippen molar-refractivity contribution in [2.75, 3.05) is 18.2 Å². The highest BCUT2D eigenvalue weighted by Crippen LogP contribution is 2.39. The first-order valence-electron chi connectivity index (χ1n) is 9.49. The summed E-state index contributed by atoms with van der Waals surface area (Å²) in [6.45, 7) is 3.71. The van der Waals surface area contributed by atoms with Crippen LogP contribution >= 0.6 is 0 Å². The van der Waals surface area contributed by atoms with Crippen molar-refractivity contribution in [2.24, 2.45) is 0 Å². The van der Waals surface area contributed by atoms with E-state index >= 15 is 0 Å². The predicted octanol–water partition coefficient (Wildman–Crippen LogP) is 6.02. The molecule has 3 aromatic rings. The summed E-state index contributed by atoms with van der Waals surface area (Å²) in [5.41, 5.74) is 1.13. The maximum Gasteiger partial charge on any atom is 0.411 e. The fourth-order valence-corrected chi connectivity index (χ4v) is 3.22. The van der Waals surface area contributed by atoms with Crippen LogP contribution in [0.5, 0.6) is 23.0 Å². The molecule has 3 rings (SSSR count). The van der Waals surface area contributed by atoms with Gasteiger partial charge in [-0.1, -0.05) is 12.1 Å². The number of carbonyl (C=O) groups excluding carboxylic acids is 1. The molecule has 0 bridgehead atoms. The van der Waals surface area contributed by atoms with Gasteiger partial charge in [0.05, 0.1) is 12.3 Å². The number of benzene rings is 3. The van der Waals surface area contributed by atoms with Gasteiger partial charge in [0.15, 0.2) is 23.1 Å². The molecule has 0 heterocycles. The fraction of sp³-hybridized carbons (Fsp3) is 0.174. The molecule has 0 fully saturated rings. The van der Waals surface area contributed by atoms with Crippen LogP contribution in [0.1, 0.15) is 12.5 Å². The van der Waals surface area contributed by atoms with E-state index in [9.17, 15) is 13.4 Å². The molecule has 0 radical (unpaired) electrons. The molecule has 1 atom stereocenters. The summed E-state index contributed by atoms with van der Waals surface area (Å²) in [6.07, 6.45) is 0.980. The first-order valence-corrected chi connectivity index (χ1v) is 11.1. The van der Waals surface area contributed by atoms with E-state index in [1.165, 1.54) is 12.1 Å². The third-order valence-corrected chi connectivity index (χ3v) is 5.18. The fourth-order valence-electron chi connectivity index (χ4n) is 2.71. The minimum atomic E-state index is -1.11. The summed E-state index contributed by atoms with van der Waals surface area (Å²) >= 11 is 0. The third kappa shape index (κ3) is 5.82. The normalized spacial score (nSPS) is 11.5. The van der Waals surface area contributed by atoms with Crippen molar-refractivity contribution >= 4 is 22.6 Å². The molecule has 0 saturated heterocycles. The van der Waals surface area contributed by atoms with Gasteiger partial charge in [-0.3, -0.25) is 9.53 Å². The number of para-hydroxylation sites is 1. The Morgan fingerprint density at radius 2 is 1.68 bits per heavy atom. The summed E-state index contributed by atoms with van der Waals surface area (Å²) < 4.78 is 42.4. The van der Waals surface area contributed by atoms with Crippen LogP contribution < -0.4 is 14.8 Å². The van der Waals surface area contributed by atoms with Crippen molar-refractivity contribution in [1.29, 1.82) is 0 Å². The molecule has 0 saturated carbocycles. The molecule has 162 valence electrons. The van der Waals surface area contributed by atoms with Gasteiger partial charge in [-0.05, 0) is 61.9 Å². The predicted molar refractivity (Wildman–Crippen MR) is 117 cm³/mol. The molecule has 0 spiro atoms. The lowest BCUT2D eigenvalue weighted by molar-refractivity contribution is 0.168. The third-order valence-electron chi connectivity index (χ3n) is 4.24. The average molecular weight is 443 g/mol. The Kier molecular flexibility index (Phi) is 7.25. The molecule has 1 N–H and O–H groups in total. The minimum Gasteiger partial charge on any atom is -0.453 e. The van der Waals surface area contributed by atoms with Crippen LogP contribution in [0.15, 0.2) is 65.6 Å². The van der Waals surface area contributed by atoms with E-state index in [1.54, 1.807) is 68.6 Å². The second-order valence-electron chi connectivity index (χ2n) is 6.52. The van der Waals surface area contributed by atoms with E-state index in [0.717, 1.165) is 0 Å². The van der Waals surface area contributed by atoms with Crippen LogP contribution in [-0.2, 0) is 15.5 Å². The first kappa shape index (κ1) is 22.3. The molecule has 1 amide bonds. The molecule has 0 aliphatic carbocycles. The molecule has 31 heavy (non-hydrogen) atoms. The highest BCUT2D eigenvalue weighted by atomic mass is 32.2. The zero-order valence-electron chi connectivity index (χ0n) is 17.3. The molecule has 0 aromatic heterocycles. The summed E-state index contributed by atoms with van der Waals surface area (Å²) in [5, 5.41) is 2.64. The van der Waals surface area contributed by atoms with Crippen molar-refractivity contribution in [3.8, 4) is 23.0 Å². The van der Waals surface area contributed by atoms with Gasteiger partial charge in [0.2, 0.25) is 0 Å². The lowest BCUT2D eigenvalue weighted by Gasteiger charge is -2.17. The van der Waals surface area contributed by atoms with Gasteiger partial charge in [-0.2, -0.15) is 0 Å². The highest BCUT2D eigenvalue weighted by molar-refractivity contribution is 7.84. The van der Waals surface area contributed by atoms with Gasteiger partial charge in [-0.25, -0.2) is 9.18 Å². The Labute approximate surface area is 182 Å². The Balaban J connectivity index is 1.97. The van der Waals surface area contributed by atoms with E-state index < -0.39 is 22.7 Å². The van der Waals surface area contributed by atoms with Crippen molar-refractivity contribution in [2.45, 2.75) is 18.7 Å². The Hall–Kier alpha value is -3.39. The zero-order chi connectivity index (χ0) is 22.4. The van der Waals surface area contributed by atoms with E-state index in [1.807, 2.05) is 0 Å². The van der Waals surface area contributed by atoms with Crippen molar-refractivity contribution in [1.82, 2.24) is 0 Å². The summed E-state index contributed by atoms with van der Waals surface area (Å²) in [4.78, 5) is 12.5. The largest absolute Gasteiger partial charge is 0.453 e. The lowest BCUT2D eigenvalue weighted by Crippen LogP contribution is -2.14. The maximum absolute atomic E-state index is 14.2. The number of hydrogen-bond donors (Lipinski definition) is 1. The van der Waals surface area contributed by atoms with Gasteiger partial charge in [-0.15, -0.1) is 0 Å². The molecule has 0 aliphatic rings. The molecule has 6 nitrogen and oxygen atoms in total. The van der Waals surface area contributed by atoms with Crippen LogP contribution in [0.25, 0.3) is 0 Å². The summed E-state index contributed by atoms with van der Waals surface area (Å²) in [5.74, 6) is 0.475. The summed E-state index contributed by atoms with van der Waals surface area (Å²) in [6, 6.07) is 16.0. The van der Waals surface area contributed by atoms with Crippen molar-refractivity contribution < 1.29 is 27.6 Å². The number of rotatable bonds is 7. The average Bonchev–Trinajstić information content (AvgIpc) is 2.73. The molecule has 8 heteroatoms. The van der Waals surface area contributed by atoms with E-state index in [0.29, 0.717) is 27.6 Å². The number of ether oxygens (including phenoxy) is 3. The quantitative estimate of drug-likeness (QED) is 0.483. The van der Waals surface area contributed by atoms with Gasteiger partial charge in [0, 0.05) is 28.0 Å². The lowest BCUT2D eigenvalue weighted by atomic mass is 10.1. The number of hydrogen-bond acceptors (Lipinski definition) is 5. The number of anilines is 1. The number of nitrogens with one attached hydrogen (secondary N) is 1. The minimum absolute atomic E-state index is 0.00927. The first-order chi connectivity index (χ1) is 14.9. The standard InChI is InChI=1S/C23H22FNO5S/c1-4-28-23(26)25-19-14-22(30-20-8-6-5-7-18(20)24)21(13-15(19)2)29-16-9-11-17(12-10-16)31(3)27/h5-14H,4H2,1-3H3,(H,25,26). The zero-order valence-corrected chi connectivity index (χ0v) is 18.1.